The lowest BCUT2D eigenvalue weighted by molar-refractivity contribution is 0.0636. The minimum atomic E-state index is -0.304. The molecule has 2 aliphatic heterocycles. The molecular formula is C27H28N2O3. The normalized spacial score (nSPS) is 20.0. The van der Waals surface area contributed by atoms with Gasteiger partial charge in [-0.1, -0.05) is 60.7 Å². The van der Waals surface area contributed by atoms with Gasteiger partial charge in [-0.15, -0.1) is 0 Å². The molecule has 0 aromatic heterocycles. The van der Waals surface area contributed by atoms with E-state index in [2.05, 4.69) is 17.4 Å². The van der Waals surface area contributed by atoms with Crippen molar-refractivity contribution < 1.29 is 14.3 Å². The van der Waals surface area contributed by atoms with Gasteiger partial charge in [0.2, 0.25) is 0 Å². The molecule has 164 valence electrons. The predicted octanol–water partition coefficient (Wildman–Crippen LogP) is 5.05. The number of para-hydroxylation sites is 2. The Morgan fingerprint density at radius 2 is 1.75 bits per heavy atom. The predicted molar refractivity (Wildman–Crippen MR) is 125 cm³/mol. The van der Waals surface area contributed by atoms with Crippen LogP contribution < -0.4 is 10.1 Å². The molecule has 5 heteroatoms. The van der Waals surface area contributed by atoms with E-state index < -0.39 is 0 Å². The Bertz CT molecular complexity index is 1060. The van der Waals surface area contributed by atoms with E-state index in [9.17, 15) is 4.79 Å². The summed E-state index contributed by atoms with van der Waals surface area (Å²) in [7, 11) is 0. The zero-order valence-corrected chi connectivity index (χ0v) is 18.1. The number of carbonyl (C=O) groups is 1. The maximum absolute atomic E-state index is 13.5. The average molecular weight is 429 g/mol. The molecule has 2 atom stereocenters. The van der Waals surface area contributed by atoms with Gasteiger partial charge in [0.15, 0.2) is 0 Å². The van der Waals surface area contributed by atoms with E-state index in [1.54, 1.807) is 0 Å². The Morgan fingerprint density at radius 3 is 2.59 bits per heavy atom. The minimum absolute atomic E-state index is 0.0363. The van der Waals surface area contributed by atoms with Gasteiger partial charge in [-0.25, -0.2) is 0 Å². The van der Waals surface area contributed by atoms with Crippen LogP contribution in [0.5, 0.6) is 5.75 Å². The van der Waals surface area contributed by atoms with E-state index in [4.69, 9.17) is 9.47 Å². The maximum Gasteiger partial charge on any atom is 0.257 e. The highest BCUT2D eigenvalue weighted by atomic mass is 16.5. The summed E-state index contributed by atoms with van der Waals surface area (Å²) >= 11 is 0. The molecule has 2 unspecified atom stereocenters. The summed E-state index contributed by atoms with van der Waals surface area (Å²) in [5.41, 5.74) is 3.73. The van der Waals surface area contributed by atoms with E-state index in [0.717, 1.165) is 42.9 Å². The summed E-state index contributed by atoms with van der Waals surface area (Å²) in [6, 6.07) is 26.0. The Labute approximate surface area is 189 Å². The zero-order chi connectivity index (χ0) is 21.8. The Hall–Kier alpha value is -3.31. The van der Waals surface area contributed by atoms with E-state index >= 15 is 0 Å². The lowest BCUT2D eigenvalue weighted by atomic mass is 10.0. The first-order chi connectivity index (χ1) is 15.8. The van der Waals surface area contributed by atoms with Crippen LogP contribution in [0.1, 0.15) is 40.5 Å². The topological polar surface area (TPSA) is 50.8 Å². The van der Waals surface area contributed by atoms with E-state index in [-0.39, 0.29) is 18.2 Å². The van der Waals surface area contributed by atoms with Crippen LogP contribution >= 0.6 is 0 Å². The Morgan fingerprint density at radius 1 is 0.969 bits per heavy atom. The smallest absolute Gasteiger partial charge is 0.257 e. The highest BCUT2D eigenvalue weighted by Gasteiger charge is 2.34. The summed E-state index contributed by atoms with van der Waals surface area (Å²) in [6.07, 6.45) is 2.73. The second kappa shape index (κ2) is 9.45. The second-order valence-corrected chi connectivity index (χ2v) is 8.31. The zero-order valence-electron chi connectivity index (χ0n) is 18.1. The molecule has 32 heavy (non-hydrogen) atoms. The number of carbonyl (C=O) groups excluding carboxylic acids is 1. The van der Waals surface area contributed by atoms with Gasteiger partial charge in [0.1, 0.15) is 18.5 Å². The Kier molecular flexibility index (Phi) is 6.08. The molecule has 0 spiro atoms. The molecule has 1 amide bonds. The number of amides is 1. The monoisotopic (exact) mass is 428 g/mol. The number of fused-ring (bicyclic) bond motifs is 1. The van der Waals surface area contributed by atoms with Crippen molar-refractivity contribution in [3.8, 4) is 5.75 Å². The van der Waals surface area contributed by atoms with Crippen molar-refractivity contribution in [1.82, 2.24) is 4.90 Å². The van der Waals surface area contributed by atoms with E-state index in [0.29, 0.717) is 18.7 Å². The fourth-order valence-corrected chi connectivity index (χ4v) is 4.46. The van der Waals surface area contributed by atoms with Gasteiger partial charge in [0.05, 0.1) is 11.7 Å². The molecule has 0 aliphatic carbocycles. The molecule has 0 saturated carbocycles. The number of nitrogens with one attached hydrogen (secondary N) is 1. The SMILES string of the molecule is O=C1c2ccccc2NC(c2ccccc2OCC2CCCO2)N1CCc1ccccc1. The maximum atomic E-state index is 13.5. The van der Waals surface area contributed by atoms with Crippen LogP contribution in [-0.4, -0.2) is 36.7 Å². The number of benzene rings is 3. The van der Waals surface area contributed by atoms with Crippen molar-refractivity contribution in [3.63, 3.8) is 0 Å². The molecule has 1 N–H and O–H groups in total. The third-order valence-electron chi connectivity index (χ3n) is 6.17. The minimum Gasteiger partial charge on any atom is -0.490 e. The van der Waals surface area contributed by atoms with Gasteiger partial charge in [-0.2, -0.15) is 0 Å². The van der Waals surface area contributed by atoms with Gasteiger partial charge in [-0.3, -0.25) is 4.79 Å². The van der Waals surface area contributed by atoms with Crippen molar-refractivity contribution in [2.75, 3.05) is 25.1 Å². The van der Waals surface area contributed by atoms with Crippen molar-refractivity contribution in [3.05, 3.63) is 95.6 Å². The molecule has 0 bridgehead atoms. The molecule has 0 radical (unpaired) electrons. The summed E-state index contributed by atoms with van der Waals surface area (Å²) in [5, 5.41) is 3.59. The first kappa shape index (κ1) is 20.6. The number of anilines is 1. The molecule has 5 nitrogen and oxygen atoms in total. The van der Waals surface area contributed by atoms with E-state index in [1.165, 1.54) is 5.56 Å². The molecule has 1 saturated heterocycles. The number of rotatable bonds is 7. The summed E-state index contributed by atoms with van der Waals surface area (Å²) in [5.74, 6) is 0.826. The van der Waals surface area contributed by atoms with Crippen LogP contribution in [0.25, 0.3) is 0 Å². The molecule has 3 aromatic carbocycles. The van der Waals surface area contributed by atoms with Crippen LogP contribution in [0, 0.1) is 0 Å². The Balaban J connectivity index is 1.44. The lowest BCUT2D eigenvalue weighted by Gasteiger charge is -2.38. The second-order valence-electron chi connectivity index (χ2n) is 8.31. The van der Waals surface area contributed by atoms with Crippen molar-refractivity contribution in [1.29, 1.82) is 0 Å². The highest BCUT2D eigenvalue weighted by Crippen LogP contribution is 2.37. The van der Waals surface area contributed by atoms with Crippen molar-refractivity contribution in [2.24, 2.45) is 0 Å². The van der Waals surface area contributed by atoms with Gasteiger partial charge in [-0.05, 0) is 43.0 Å². The van der Waals surface area contributed by atoms with Gasteiger partial charge in [0.25, 0.3) is 5.91 Å². The summed E-state index contributed by atoms with van der Waals surface area (Å²) in [4.78, 5) is 15.4. The fraction of sp³-hybridized carbons (Fsp3) is 0.296. The first-order valence-electron chi connectivity index (χ1n) is 11.3. The standard InChI is InChI=1S/C27H28N2O3/c30-27-22-12-4-6-14-24(22)28-26(29(27)17-16-20-9-2-1-3-10-20)23-13-5-7-15-25(23)32-19-21-11-8-18-31-21/h1-7,9-10,12-15,21,26,28H,8,11,16-19H2. The number of hydrogen-bond donors (Lipinski definition) is 1. The molecular weight excluding hydrogens is 400 g/mol. The number of nitrogens with zero attached hydrogens (tertiary/aromatic N) is 1. The van der Waals surface area contributed by atoms with E-state index in [1.807, 2.05) is 71.6 Å². The van der Waals surface area contributed by atoms with Crippen LogP contribution in [-0.2, 0) is 11.2 Å². The average Bonchev–Trinajstić information content (AvgIpc) is 3.37. The summed E-state index contributed by atoms with van der Waals surface area (Å²) < 4.78 is 11.9. The molecule has 1 fully saturated rings. The van der Waals surface area contributed by atoms with Gasteiger partial charge in [0, 0.05) is 24.4 Å². The van der Waals surface area contributed by atoms with Crippen molar-refractivity contribution >= 4 is 11.6 Å². The number of hydrogen-bond acceptors (Lipinski definition) is 4. The largest absolute Gasteiger partial charge is 0.490 e. The van der Waals surface area contributed by atoms with Crippen molar-refractivity contribution in [2.45, 2.75) is 31.5 Å². The van der Waals surface area contributed by atoms with Gasteiger partial charge < -0.3 is 19.7 Å². The lowest BCUT2D eigenvalue weighted by Crippen LogP contribution is -2.44. The molecule has 2 heterocycles. The van der Waals surface area contributed by atoms with Gasteiger partial charge >= 0.3 is 0 Å². The first-order valence-corrected chi connectivity index (χ1v) is 11.3. The molecule has 5 rings (SSSR count). The third kappa shape index (κ3) is 4.34. The molecule has 3 aromatic rings. The third-order valence-corrected chi connectivity index (χ3v) is 6.17. The number of ether oxygens (including phenoxy) is 2. The fourth-order valence-electron chi connectivity index (χ4n) is 4.46. The highest BCUT2D eigenvalue weighted by molar-refractivity contribution is 6.01. The van der Waals surface area contributed by atoms with Crippen LogP contribution in [0.3, 0.4) is 0 Å². The van der Waals surface area contributed by atoms with Crippen LogP contribution in [0.15, 0.2) is 78.9 Å². The molecule has 2 aliphatic rings. The summed E-state index contributed by atoms with van der Waals surface area (Å²) in [6.45, 7) is 1.94. The quantitative estimate of drug-likeness (QED) is 0.572. The van der Waals surface area contributed by atoms with Crippen LogP contribution in [0.2, 0.25) is 0 Å². The van der Waals surface area contributed by atoms with Crippen LogP contribution in [0.4, 0.5) is 5.69 Å².